The molecule has 2 aliphatic carbocycles. The van der Waals surface area contributed by atoms with E-state index in [0.717, 1.165) is 24.9 Å². The monoisotopic (exact) mass is 566 g/mol. The molecule has 0 N–H and O–H groups in total. The molecule has 0 spiro atoms. The molecule has 4 aliphatic rings. The lowest BCUT2D eigenvalue weighted by Gasteiger charge is -2.39. The van der Waals surface area contributed by atoms with Gasteiger partial charge in [-0.25, -0.2) is 0 Å². The van der Waals surface area contributed by atoms with E-state index < -0.39 is 0 Å². The molecular weight excluding hydrogens is 530 g/mol. The Balaban J connectivity index is 0.000000148. The zero-order valence-electron chi connectivity index (χ0n) is 21.5. The Morgan fingerprint density at radius 2 is 1.03 bits per heavy atom. The molecule has 0 radical (unpaired) electrons. The van der Waals surface area contributed by atoms with E-state index in [2.05, 4.69) is 48.2 Å². The van der Waals surface area contributed by atoms with Crippen LogP contribution in [-0.4, -0.2) is 50.1 Å². The average Bonchev–Trinajstić information content (AvgIpc) is 3.39. The fourth-order valence-electron chi connectivity index (χ4n) is 7.97. The smallest absolute Gasteiger partial charge is 0.0595 e. The molecule has 196 valence electrons. The summed E-state index contributed by atoms with van der Waals surface area (Å²) in [6.07, 6.45) is 10.7. The van der Waals surface area contributed by atoms with Crippen LogP contribution < -0.4 is 0 Å². The highest BCUT2D eigenvalue weighted by atomic mass is 35.5. The number of rotatable bonds is 2. The van der Waals surface area contributed by atoms with Gasteiger partial charge >= 0.3 is 0 Å². The third-order valence-electron chi connectivity index (χ3n) is 9.57. The van der Waals surface area contributed by atoms with Crippen LogP contribution in [0.4, 0.5) is 0 Å². The van der Waals surface area contributed by atoms with E-state index in [1.807, 2.05) is 12.1 Å². The molecule has 2 nitrogen and oxygen atoms in total. The second-order valence-electron chi connectivity index (χ2n) is 11.8. The van der Waals surface area contributed by atoms with Crippen molar-refractivity contribution in [1.82, 2.24) is 9.80 Å². The number of halogens is 4. The highest BCUT2D eigenvalue weighted by Crippen LogP contribution is 2.50. The number of likely N-dealkylation sites (N-methyl/N-ethyl adjacent to an activating group) is 2. The maximum atomic E-state index is 6.21. The van der Waals surface area contributed by atoms with Crippen LogP contribution in [0, 0.1) is 11.8 Å². The topological polar surface area (TPSA) is 6.48 Å². The van der Waals surface area contributed by atoms with Crippen molar-refractivity contribution in [2.45, 2.75) is 62.2 Å². The van der Waals surface area contributed by atoms with Gasteiger partial charge in [0.1, 0.15) is 0 Å². The van der Waals surface area contributed by atoms with Gasteiger partial charge in [-0.05, 0) is 87.0 Å². The molecule has 2 aromatic rings. The van der Waals surface area contributed by atoms with E-state index in [9.17, 15) is 0 Å². The first kappa shape index (κ1) is 27.1. The Bertz CT molecular complexity index is 1010. The standard InChI is InChI=1S/2C15H19Cl2N/c2*1-18-9-12-4-2-3-7-15(12,10-18)11-5-6-13(16)14(17)8-11/h2*5-6,8,12H,2-4,7,9-10H2,1H3/t12?,15-;12-,15+/m00/s1. The Hall–Kier alpha value is -0.480. The van der Waals surface area contributed by atoms with Crippen molar-refractivity contribution in [3.8, 4) is 0 Å². The molecule has 4 atom stereocenters. The molecule has 6 rings (SSSR count). The van der Waals surface area contributed by atoms with E-state index in [4.69, 9.17) is 46.4 Å². The van der Waals surface area contributed by atoms with Crippen molar-refractivity contribution in [3.05, 3.63) is 67.6 Å². The summed E-state index contributed by atoms with van der Waals surface area (Å²) in [5.74, 6) is 1.57. The Morgan fingerprint density at radius 1 is 0.611 bits per heavy atom. The van der Waals surface area contributed by atoms with Crippen molar-refractivity contribution in [3.63, 3.8) is 0 Å². The minimum absolute atomic E-state index is 0.321. The number of nitrogens with zero attached hydrogens (tertiary/aromatic N) is 2. The summed E-state index contributed by atoms with van der Waals surface area (Å²) in [5.41, 5.74) is 3.43. The fourth-order valence-corrected chi connectivity index (χ4v) is 8.57. The van der Waals surface area contributed by atoms with Gasteiger partial charge in [-0.3, -0.25) is 0 Å². The van der Waals surface area contributed by atoms with Crippen LogP contribution in [0.25, 0.3) is 0 Å². The summed E-state index contributed by atoms with van der Waals surface area (Å²) >= 11 is 24.5. The summed E-state index contributed by atoms with van der Waals surface area (Å²) < 4.78 is 0. The first-order chi connectivity index (χ1) is 17.2. The second-order valence-corrected chi connectivity index (χ2v) is 13.5. The van der Waals surface area contributed by atoms with Gasteiger partial charge in [-0.2, -0.15) is 0 Å². The number of hydrogen-bond donors (Lipinski definition) is 0. The number of fused-ring (bicyclic) bond motifs is 2. The zero-order valence-corrected chi connectivity index (χ0v) is 24.5. The molecule has 36 heavy (non-hydrogen) atoms. The number of benzene rings is 2. The molecule has 2 aliphatic heterocycles. The van der Waals surface area contributed by atoms with Gasteiger partial charge in [-0.15, -0.1) is 0 Å². The molecule has 2 saturated heterocycles. The van der Waals surface area contributed by atoms with E-state index in [0.29, 0.717) is 30.9 Å². The zero-order chi connectivity index (χ0) is 25.5. The van der Waals surface area contributed by atoms with E-state index >= 15 is 0 Å². The maximum Gasteiger partial charge on any atom is 0.0595 e. The van der Waals surface area contributed by atoms with Gasteiger partial charge in [0.25, 0.3) is 0 Å². The molecule has 4 fully saturated rings. The van der Waals surface area contributed by atoms with Crippen LogP contribution in [-0.2, 0) is 10.8 Å². The van der Waals surface area contributed by atoms with Crippen molar-refractivity contribution in [2.75, 3.05) is 40.3 Å². The minimum Gasteiger partial charge on any atom is -0.305 e. The van der Waals surface area contributed by atoms with Crippen molar-refractivity contribution in [2.24, 2.45) is 11.8 Å². The normalized spacial score (nSPS) is 32.5. The van der Waals surface area contributed by atoms with Gasteiger partial charge in [0, 0.05) is 37.0 Å². The largest absolute Gasteiger partial charge is 0.305 e. The Kier molecular flexibility index (Phi) is 8.24. The summed E-state index contributed by atoms with van der Waals surface area (Å²) in [4.78, 5) is 4.94. The van der Waals surface area contributed by atoms with Crippen LogP contribution >= 0.6 is 46.4 Å². The third-order valence-corrected chi connectivity index (χ3v) is 11.0. The Labute approximate surface area is 237 Å². The number of likely N-dealkylation sites (tertiary alicyclic amines) is 2. The van der Waals surface area contributed by atoms with Gasteiger partial charge in [-0.1, -0.05) is 84.2 Å². The molecule has 2 heterocycles. The quantitative estimate of drug-likeness (QED) is 0.358. The van der Waals surface area contributed by atoms with Crippen LogP contribution in [0.15, 0.2) is 36.4 Å². The van der Waals surface area contributed by atoms with Gasteiger partial charge < -0.3 is 9.80 Å². The molecular formula is C30H38Cl4N2. The molecule has 2 aromatic carbocycles. The van der Waals surface area contributed by atoms with E-state index in [1.165, 1.54) is 75.6 Å². The average molecular weight is 568 g/mol. The molecule has 6 heteroatoms. The van der Waals surface area contributed by atoms with E-state index in [-0.39, 0.29) is 0 Å². The molecule has 2 saturated carbocycles. The summed E-state index contributed by atoms with van der Waals surface area (Å²) in [5, 5.41) is 2.72. The predicted molar refractivity (Wildman–Crippen MR) is 155 cm³/mol. The van der Waals surface area contributed by atoms with E-state index in [1.54, 1.807) is 0 Å². The van der Waals surface area contributed by atoms with Gasteiger partial charge in [0.2, 0.25) is 0 Å². The summed E-state index contributed by atoms with van der Waals surface area (Å²) in [7, 11) is 4.47. The summed E-state index contributed by atoms with van der Waals surface area (Å²) in [6, 6.07) is 12.5. The highest BCUT2D eigenvalue weighted by molar-refractivity contribution is 6.42. The van der Waals surface area contributed by atoms with Crippen LogP contribution in [0.5, 0.6) is 0 Å². The summed E-state index contributed by atoms with van der Waals surface area (Å²) in [6.45, 7) is 4.77. The lowest BCUT2D eigenvalue weighted by Crippen LogP contribution is -2.37. The van der Waals surface area contributed by atoms with Gasteiger partial charge in [0.15, 0.2) is 0 Å². The lowest BCUT2D eigenvalue weighted by molar-refractivity contribution is 0.241. The van der Waals surface area contributed by atoms with Crippen molar-refractivity contribution in [1.29, 1.82) is 0 Å². The molecule has 0 amide bonds. The van der Waals surface area contributed by atoms with Gasteiger partial charge in [0.05, 0.1) is 20.1 Å². The van der Waals surface area contributed by atoms with Crippen LogP contribution in [0.3, 0.4) is 0 Å². The lowest BCUT2D eigenvalue weighted by atomic mass is 9.64. The highest BCUT2D eigenvalue weighted by Gasteiger charge is 2.48. The van der Waals surface area contributed by atoms with Crippen molar-refractivity contribution < 1.29 is 0 Å². The SMILES string of the molecule is CN1CC2CCCC[C@@]2(c2ccc(Cl)c(Cl)c2)C1.CN1C[C@@H]2CCCC[C@]2(c2ccc(Cl)c(Cl)c2)C1. The third kappa shape index (κ3) is 5.08. The van der Waals surface area contributed by atoms with Crippen molar-refractivity contribution >= 4 is 46.4 Å². The number of hydrogen-bond acceptors (Lipinski definition) is 2. The molecule has 0 aromatic heterocycles. The van der Waals surface area contributed by atoms with Crippen LogP contribution in [0.1, 0.15) is 62.5 Å². The maximum absolute atomic E-state index is 6.21. The van der Waals surface area contributed by atoms with Crippen LogP contribution in [0.2, 0.25) is 20.1 Å². The second kappa shape index (κ2) is 10.9. The first-order valence-electron chi connectivity index (χ1n) is 13.5. The molecule has 0 bridgehead atoms. The fraction of sp³-hybridized carbons (Fsp3) is 0.600. The molecule has 1 unspecified atom stereocenters. The predicted octanol–water partition coefficient (Wildman–Crippen LogP) is 8.73. The minimum atomic E-state index is 0.321. The Morgan fingerprint density at radius 3 is 1.42 bits per heavy atom. The first-order valence-corrected chi connectivity index (χ1v) is 15.0.